The van der Waals surface area contributed by atoms with Crippen molar-refractivity contribution in [1.29, 1.82) is 0 Å². The lowest BCUT2D eigenvalue weighted by molar-refractivity contribution is -0.134. The van der Waals surface area contributed by atoms with Crippen molar-refractivity contribution in [2.24, 2.45) is 5.73 Å². The number of amides is 1. The van der Waals surface area contributed by atoms with Gasteiger partial charge in [-0.3, -0.25) is 9.59 Å². The molecular weight excluding hydrogens is 454 g/mol. The summed E-state index contributed by atoms with van der Waals surface area (Å²) < 4.78 is 0. The molecule has 0 rings (SSSR count). The van der Waals surface area contributed by atoms with E-state index in [1.165, 1.54) is 89.9 Å². The third-order valence-corrected chi connectivity index (χ3v) is 5.91. The first kappa shape index (κ1) is 36.9. The van der Waals surface area contributed by atoms with E-state index in [-0.39, 0.29) is 5.91 Å². The molecule has 0 aliphatic carbocycles. The number of nitrogens with two attached hydrogens (primary N) is 1. The first-order chi connectivity index (χ1) is 17.5. The molecule has 0 saturated heterocycles. The number of carboxylic acid groups (broad SMARTS) is 1. The molecule has 0 atom stereocenters. The SMILES string of the molecule is CC(=O)O.CCCCCCCCCCCCCCCCCC(=O)NCCNCCNCCNCCN. The van der Waals surface area contributed by atoms with Gasteiger partial charge in [0.25, 0.3) is 5.97 Å². The average molecular weight is 516 g/mol. The molecule has 7 N–H and O–H groups in total. The Morgan fingerprint density at radius 3 is 1.31 bits per heavy atom. The second-order valence-corrected chi connectivity index (χ2v) is 9.61. The molecule has 216 valence electrons. The molecule has 8 nitrogen and oxygen atoms in total. The van der Waals surface area contributed by atoms with E-state index >= 15 is 0 Å². The Morgan fingerprint density at radius 1 is 0.583 bits per heavy atom. The van der Waals surface area contributed by atoms with Gasteiger partial charge in [-0.1, -0.05) is 96.8 Å². The normalized spacial score (nSPS) is 10.6. The van der Waals surface area contributed by atoms with Gasteiger partial charge in [-0.05, 0) is 6.42 Å². The smallest absolute Gasteiger partial charge is 0.300 e. The molecule has 0 aromatic rings. The van der Waals surface area contributed by atoms with Crippen molar-refractivity contribution >= 4 is 11.9 Å². The van der Waals surface area contributed by atoms with Crippen molar-refractivity contribution in [2.75, 3.05) is 52.4 Å². The summed E-state index contributed by atoms with van der Waals surface area (Å²) in [5, 5.41) is 20.4. The van der Waals surface area contributed by atoms with E-state index in [9.17, 15) is 4.79 Å². The quantitative estimate of drug-likeness (QED) is 0.0905. The fourth-order valence-corrected chi connectivity index (χ4v) is 3.87. The van der Waals surface area contributed by atoms with Gasteiger partial charge in [-0.15, -0.1) is 0 Å². The van der Waals surface area contributed by atoms with Crippen molar-refractivity contribution in [2.45, 2.75) is 117 Å². The first-order valence-corrected chi connectivity index (χ1v) is 14.8. The summed E-state index contributed by atoms with van der Waals surface area (Å²) in [4.78, 5) is 20.9. The molecule has 0 aliphatic heterocycles. The van der Waals surface area contributed by atoms with Gasteiger partial charge in [0, 0.05) is 65.7 Å². The summed E-state index contributed by atoms with van der Waals surface area (Å²) in [6.45, 7) is 10.2. The standard InChI is InChI=1S/C26H57N5O.C2H4O2/c1-2-3-4-5-6-7-8-9-10-11-12-13-14-15-16-17-26(32)31-25-24-30-23-22-29-21-20-28-19-18-27;1-2(3)4/h28-30H,2-25,27H2,1H3,(H,31,32);1H3,(H,3,4). The number of carbonyl (C=O) groups is 2. The van der Waals surface area contributed by atoms with Crippen LogP contribution in [0.25, 0.3) is 0 Å². The van der Waals surface area contributed by atoms with Crippen LogP contribution in [0.15, 0.2) is 0 Å². The Kier molecular flexibility index (Phi) is 34.7. The number of hydrogen-bond donors (Lipinski definition) is 6. The fourth-order valence-electron chi connectivity index (χ4n) is 3.87. The van der Waals surface area contributed by atoms with Crippen molar-refractivity contribution in [3.8, 4) is 0 Å². The molecule has 36 heavy (non-hydrogen) atoms. The maximum absolute atomic E-state index is 11.9. The van der Waals surface area contributed by atoms with E-state index in [1.54, 1.807) is 0 Å². The summed E-state index contributed by atoms with van der Waals surface area (Å²) in [7, 11) is 0. The van der Waals surface area contributed by atoms with E-state index in [0.29, 0.717) is 13.0 Å². The number of nitrogens with one attached hydrogen (secondary N) is 4. The minimum atomic E-state index is -0.833. The van der Waals surface area contributed by atoms with Crippen LogP contribution >= 0.6 is 0 Å². The van der Waals surface area contributed by atoms with E-state index < -0.39 is 5.97 Å². The number of hydrogen-bond acceptors (Lipinski definition) is 6. The van der Waals surface area contributed by atoms with Crippen LogP contribution < -0.4 is 27.0 Å². The minimum absolute atomic E-state index is 0.200. The van der Waals surface area contributed by atoms with Crippen LogP contribution in [0.3, 0.4) is 0 Å². The van der Waals surface area contributed by atoms with E-state index in [2.05, 4.69) is 28.2 Å². The van der Waals surface area contributed by atoms with Gasteiger partial charge < -0.3 is 32.1 Å². The van der Waals surface area contributed by atoms with Crippen molar-refractivity contribution in [1.82, 2.24) is 21.3 Å². The number of rotatable bonds is 27. The molecule has 0 fully saturated rings. The maximum atomic E-state index is 11.9. The molecule has 1 amide bonds. The summed E-state index contributed by atoms with van der Waals surface area (Å²) in [5.74, 6) is -0.634. The van der Waals surface area contributed by atoms with Gasteiger partial charge in [-0.2, -0.15) is 0 Å². The van der Waals surface area contributed by atoms with Crippen LogP contribution in [0.1, 0.15) is 117 Å². The van der Waals surface area contributed by atoms with Gasteiger partial charge in [-0.25, -0.2) is 0 Å². The molecule has 0 aliphatic rings. The van der Waals surface area contributed by atoms with Crippen LogP contribution in [0.4, 0.5) is 0 Å². The highest BCUT2D eigenvalue weighted by Crippen LogP contribution is 2.13. The highest BCUT2D eigenvalue weighted by Gasteiger charge is 2.00. The topological polar surface area (TPSA) is 129 Å². The molecule has 0 radical (unpaired) electrons. The number of carbonyl (C=O) groups excluding carboxylic acids is 1. The van der Waals surface area contributed by atoms with E-state index in [4.69, 9.17) is 15.6 Å². The number of aliphatic carboxylic acids is 1. The Labute approximate surface area is 222 Å². The molecule has 0 heterocycles. The Balaban J connectivity index is 0. The zero-order valence-corrected chi connectivity index (χ0v) is 23.8. The lowest BCUT2D eigenvalue weighted by Crippen LogP contribution is -2.36. The fraction of sp³-hybridized carbons (Fsp3) is 0.929. The summed E-state index contributed by atoms with van der Waals surface area (Å²) in [6, 6.07) is 0. The van der Waals surface area contributed by atoms with E-state index in [0.717, 1.165) is 59.2 Å². The Bertz CT molecular complexity index is 449. The van der Waals surface area contributed by atoms with Gasteiger partial charge in [0.2, 0.25) is 5.91 Å². The minimum Gasteiger partial charge on any atom is -0.481 e. The van der Waals surface area contributed by atoms with Crippen LogP contribution in [-0.2, 0) is 9.59 Å². The second-order valence-electron chi connectivity index (χ2n) is 9.61. The van der Waals surface area contributed by atoms with E-state index in [1.807, 2.05) is 0 Å². The van der Waals surface area contributed by atoms with Crippen molar-refractivity contribution < 1.29 is 14.7 Å². The maximum Gasteiger partial charge on any atom is 0.300 e. The van der Waals surface area contributed by atoms with Crippen LogP contribution in [-0.4, -0.2) is 69.3 Å². The Morgan fingerprint density at radius 2 is 0.917 bits per heavy atom. The second kappa shape index (κ2) is 33.8. The molecule has 0 aromatic carbocycles. The molecule has 0 bridgehead atoms. The molecule has 0 aromatic heterocycles. The lowest BCUT2D eigenvalue weighted by atomic mass is 10.0. The predicted octanol–water partition coefficient (Wildman–Crippen LogP) is 4.18. The summed E-state index contributed by atoms with van der Waals surface area (Å²) in [6.07, 6.45) is 21.0. The molecular formula is C28H61N5O3. The first-order valence-electron chi connectivity index (χ1n) is 14.8. The van der Waals surface area contributed by atoms with Crippen LogP contribution in [0, 0.1) is 0 Å². The van der Waals surface area contributed by atoms with Crippen LogP contribution in [0.5, 0.6) is 0 Å². The molecule has 0 spiro atoms. The zero-order valence-electron chi connectivity index (χ0n) is 23.8. The number of carboxylic acids is 1. The van der Waals surface area contributed by atoms with Crippen LogP contribution in [0.2, 0.25) is 0 Å². The molecule has 0 unspecified atom stereocenters. The van der Waals surface area contributed by atoms with Gasteiger partial charge in [0.1, 0.15) is 0 Å². The Hall–Kier alpha value is -1.22. The predicted molar refractivity (Wildman–Crippen MR) is 154 cm³/mol. The number of unbranched alkanes of at least 4 members (excludes halogenated alkanes) is 14. The summed E-state index contributed by atoms with van der Waals surface area (Å²) >= 11 is 0. The van der Waals surface area contributed by atoms with Gasteiger partial charge in [0.15, 0.2) is 0 Å². The monoisotopic (exact) mass is 515 g/mol. The summed E-state index contributed by atoms with van der Waals surface area (Å²) in [5.41, 5.74) is 5.42. The average Bonchev–Trinajstić information content (AvgIpc) is 2.84. The van der Waals surface area contributed by atoms with Crippen molar-refractivity contribution in [3.05, 3.63) is 0 Å². The van der Waals surface area contributed by atoms with Gasteiger partial charge >= 0.3 is 0 Å². The largest absolute Gasteiger partial charge is 0.481 e. The third-order valence-electron chi connectivity index (χ3n) is 5.91. The highest BCUT2D eigenvalue weighted by molar-refractivity contribution is 5.75. The molecule has 8 heteroatoms. The zero-order chi connectivity index (χ0) is 27.0. The lowest BCUT2D eigenvalue weighted by Gasteiger charge is -2.08. The highest BCUT2D eigenvalue weighted by atomic mass is 16.4. The third kappa shape index (κ3) is 40.0. The van der Waals surface area contributed by atoms with Crippen molar-refractivity contribution in [3.63, 3.8) is 0 Å². The van der Waals surface area contributed by atoms with Gasteiger partial charge in [0.05, 0.1) is 0 Å². The molecule has 0 saturated carbocycles.